The Labute approximate surface area is 120 Å². The van der Waals surface area contributed by atoms with Crippen LogP contribution in [0.15, 0.2) is 27.4 Å². The van der Waals surface area contributed by atoms with Crippen molar-refractivity contribution in [3.8, 4) is 17.2 Å². The highest BCUT2D eigenvalue weighted by atomic mass is 16.5. The molecule has 1 unspecified atom stereocenters. The molecule has 0 aliphatic heterocycles. The summed E-state index contributed by atoms with van der Waals surface area (Å²) in [5, 5.41) is 28.3. The van der Waals surface area contributed by atoms with Crippen LogP contribution in [0.5, 0.6) is 17.2 Å². The Morgan fingerprint density at radius 2 is 2.14 bits per heavy atom. The molecule has 0 saturated carbocycles. The lowest BCUT2D eigenvalue weighted by atomic mass is 10.2. The third kappa shape index (κ3) is 3.09. The van der Waals surface area contributed by atoms with Crippen LogP contribution in [-0.2, 0) is 0 Å². The number of methoxy groups -OCH3 is 1. The van der Waals surface area contributed by atoms with Crippen LogP contribution in [0.3, 0.4) is 0 Å². The molecule has 0 aliphatic carbocycles. The van der Waals surface area contributed by atoms with Crippen molar-refractivity contribution in [1.82, 2.24) is 0 Å². The average Bonchev–Trinajstić information content (AvgIpc) is 2.47. The van der Waals surface area contributed by atoms with E-state index in [4.69, 9.17) is 19.0 Å². The largest absolute Gasteiger partial charge is 0.503 e. The molecule has 0 radical (unpaired) electrons. The lowest BCUT2D eigenvalue weighted by Crippen LogP contribution is -2.15. The molecule has 7 nitrogen and oxygen atoms in total. The predicted octanol–water partition coefficient (Wildman–Crippen LogP) is 0.629. The highest BCUT2D eigenvalue weighted by Crippen LogP contribution is 2.37. The molecule has 0 spiro atoms. The number of fused-ring (bicyclic) bond motifs is 1. The van der Waals surface area contributed by atoms with E-state index in [1.165, 1.54) is 13.2 Å². The van der Waals surface area contributed by atoms with Gasteiger partial charge in [0.1, 0.15) is 16.7 Å². The number of ether oxygens (including phenoxy) is 2. The fourth-order valence-electron chi connectivity index (χ4n) is 1.88. The highest BCUT2D eigenvalue weighted by molar-refractivity contribution is 5.91. The van der Waals surface area contributed by atoms with Gasteiger partial charge in [-0.3, -0.25) is 0 Å². The molecule has 1 atom stereocenters. The zero-order chi connectivity index (χ0) is 15.4. The first kappa shape index (κ1) is 15.1. The van der Waals surface area contributed by atoms with Crippen molar-refractivity contribution in [2.45, 2.75) is 12.5 Å². The topological polar surface area (TPSA) is 109 Å². The third-order valence-corrected chi connectivity index (χ3v) is 2.95. The molecule has 0 amide bonds. The van der Waals surface area contributed by atoms with E-state index >= 15 is 0 Å². The number of hydrogen-bond donors (Lipinski definition) is 3. The Kier molecular flexibility index (Phi) is 4.66. The molecule has 21 heavy (non-hydrogen) atoms. The minimum absolute atomic E-state index is 0.127. The van der Waals surface area contributed by atoms with E-state index in [1.54, 1.807) is 12.1 Å². The van der Waals surface area contributed by atoms with Gasteiger partial charge in [-0.25, -0.2) is 4.79 Å². The molecule has 1 aromatic carbocycles. The second kappa shape index (κ2) is 6.47. The Morgan fingerprint density at radius 3 is 2.81 bits per heavy atom. The summed E-state index contributed by atoms with van der Waals surface area (Å²) in [6, 6.07) is 4.72. The standard InChI is InChI=1S/C14H16O7/c1-19-13-12(17)11-9(20-6-5-8(16)7-15)3-2-4-10(11)21-14(13)18/h2-4,8,15-17H,5-7H2,1H3. The lowest BCUT2D eigenvalue weighted by Gasteiger charge is -2.12. The molecule has 0 bridgehead atoms. The van der Waals surface area contributed by atoms with Gasteiger partial charge < -0.3 is 29.2 Å². The monoisotopic (exact) mass is 296 g/mol. The number of benzene rings is 1. The zero-order valence-electron chi connectivity index (χ0n) is 11.4. The minimum Gasteiger partial charge on any atom is -0.503 e. The number of aromatic hydroxyl groups is 1. The van der Waals surface area contributed by atoms with E-state index in [0.717, 1.165) is 0 Å². The molecule has 1 heterocycles. The second-order valence-corrected chi connectivity index (χ2v) is 4.37. The molecule has 0 saturated heterocycles. The van der Waals surface area contributed by atoms with Crippen LogP contribution < -0.4 is 15.1 Å². The molecular formula is C14H16O7. The van der Waals surface area contributed by atoms with Crippen LogP contribution in [0.25, 0.3) is 11.0 Å². The summed E-state index contributed by atoms with van der Waals surface area (Å²) in [5.41, 5.74) is -0.617. The molecule has 0 aliphatic rings. The van der Waals surface area contributed by atoms with Crippen molar-refractivity contribution >= 4 is 11.0 Å². The number of rotatable bonds is 6. The summed E-state index contributed by atoms with van der Waals surface area (Å²) in [4.78, 5) is 11.6. The maximum atomic E-state index is 11.6. The second-order valence-electron chi connectivity index (χ2n) is 4.37. The smallest absolute Gasteiger partial charge is 0.383 e. The first-order valence-electron chi connectivity index (χ1n) is 6.33. The van der Waals surface area contributed by atoms with Gasteiger partial charge in [0.2, 0.25) is 5.75 Å². The maximum Gasteiger partial charge on any atom is 0.383 e. The fraction of sp³-hybridized carbons (Fsp3) is 0.357. The summed E-state index contributed by atoms with van der Waals surface area (Å²) in [6.07, 6.45) is -0.650. The van der Waals surface area contributed by atoms with Crippen LogP contribution in [0.2, 0.25) is 0 Å². The zero-order valence-corrected chi connectivity index (χ0v) is 11.4. The van der Waals surface area contributed by atoms with Crippen molar-refractivity contribution in [3.05, 3.63) is 28.6 Å². The Hall–Kier alpha value is -2.25. The third-order valence-electron chi connectivity index (χ3n) is 2.95. The number of aliphatic hydroxyl groups is 2. The highest BCUT2D eigenvalue weighted by Gasteiger charge is 2.18. The van der Waals surface area contributed by atoms with Crippen molar-refractivity contribution < 1.29 is 29.2 Å². The molecule has 114 valence electrons. The SMILES string of the molecule is COc1c(O)c2c(OCCC(O)CO)cccc2oc1=O. The van der Waals surface area contributed by atoms with Gasteiger partial charge in [-0.05, 0) is 12.1 Å². The molecule has 3 N–H and O–H groups in total. The summed E-state index contributed by atoms with van der Waals surface area (Å²) >= 11 is 0. The number of hydrogen-bond acceptors (Lipinski definition) is 7. The molecule has 2 aromatic rings. The van der Waals surface area contributed by atoms with Gasteiger partial charge in [0.25, 0.3) is 0 Å². The van der Waals surface area contributed by atoms with Gasteiger partial charge >= 0.3 is 5.63 Å². The molecule has 7 heteroatoms. The maximum absolute atomic E-state index is 11.6. The normalized spacial score (nSPS) is 12.3. The summed E-state index contributed by atoms with van der Waals surface area (Å²) in [7, 11) is 1.25. The van der Waals surface area contributed by atoms with Crippen LogP contribution in [-0.4, -0.2) is 41.7 Å². The quantitative estimate of drug-likeness (QED) is 0.671. The number of aliphatic hydroxyl groups excluding tert-OH is 2. The van der Waals surface area contributed by atoms with Crippen LogP contribution >= 0.6 is 0 Å². The summed E-state index contributed by atoms with van der Waals surface area (Å²) in [6.45, 7) is -0.228. The van der Waals surface area contributed by atoms with Crippen molar-refractivity contribution in [3.63, 3.8) is 0 Å². The van der Waals surface area contributed by atoms with Gasteiger partial charge in [0, 0.05) is 6.42 Å². The van der Waals surface area contributed by atoms with Crippen LogP contribution in [0.4, 0.5) is 0 Å². The fourth-order valence-corrected chi connectivity index (χ4v) is 1.88. The minimum atomic E-state index is -0.874. The molecular weight excluding hydrogens is 280 g/mol. The van der Waals surface area contributed by atoms with E-state index < -0.39 is 11.7 Å². The van der Waals surface area contributed by atoms with E-state index in [-0.39, 0.29) is 47.9 Å². The Bertz CT molecular complexity index is 677. The first-order valence-corrected chi connectivity index (χ1v) is 6.33. The van der Waals surface area contributed by atoms with Crippen molar-refractivity contribution in [2.24, 2.45) is 0 Å². The molecule has 1 aromatic heterocycles. The van der Waals surface area contributed by atoms with Gasteiger partial charge in [0.05, 0.1) is 26.4 Å². The van der Waals surface area contributed by atoms with Crippen LogP contribution in [0, 0.1) is 0 Å². The van der Waals surface area contributed by atoms with E-state index in [2.05, 4.69) is 0 Å². The first-order chi connectivity index (χ1) is 10.1. The average molecular weight is 296 g/mol. The van der Waals surface area contributed by atoms with Gasteiger partial charge in [-0.15, -0.1) is 0 Å². The summed E-state index contributed by atoms with van der Waals surface area (Å²) < 4.78 is 15.3. The molecule has 2 rings (SSSR count). The lowest BCUT2D eigenvalue weighted by molar-refractivity contribution is 0.0756. The summed E-state index contributed by atoms with van der Waals surface area (Å²) in [5.74, 6) is -0.367. The van der Waals surface area contributed by atoms with Gasteiger partial charge in [-0.2, -0.15) is 0 Å². The molecule has 0 fully saturated rings. The predicted molar refractivity (Wildman–Crippen MR) is 73.9 cm³/mol. The van der Waals surface area contributed by atoms with E-state index in [0.29, 0.717) is 0 Å². The van der Waals surface area contributed by atoms with Crippen molar-refractivity contribution in [2.75, 3.05) is 20.3 Å². The Morgan fingerprint density at radius 1 is 1.38 bits per heavy atom. The Balaban J connectivity index is 2.38. The van der Waals surface area contributed by atoms with Gasteiger partial charge in [-0.1, -0.05) is 6.07 Å². The van der Waals surface area contributed by atoms with Crippen molar-refractivity contribution in [1.29, 1.82) is 0 Å². The van der Waals surface area contributed by atoms with E-state index in [9.17, 15) is 15.0 Å². The van der Waals surface area contributed by atoms with Gasteiger partial charge in [0.15, 0.2) is 5.75 Å². The van der Waals surface area contributed by atoms with E-state index in [1.807, 2.05) is 0 Å². The van der Waals surface area contributed by atoms with Crippen LogP contribution in [0.1, 0.15) is 6.42 Å².